The van der Waals surface area contributed by atoms with Gasteiger partial charge in [-0.25, -0.2) is 4.98 Å². The molecule has 3 aromatic rings. The van der Waals surface area contributed by atoms with Crippen LogP contribution in [0.15, 0.2) is 60.8 Å². The summed E-state index contributed by atoms with van der Waals surface area (Å²) in [5.41, 5.74) is 2.16. The van der Waals surface area contributed by atoms with Gasteiger partial charge in [0.25, 0.3) is 0 Å². The molecular formula is C16H12ClN3O. The van der Waals surface area contributed by atoms with E-state index in [2.05, 4.69) is 10.3 Å². The number of amides is 1. The van der Waals surface area contributed by atoms with Crippen LogP contribution in [0.5, 0.6) is 0 Å². The van der Waals surface area contributed by atoms with Crippen molar-refractivity contribution in [3.63, 3.8) is 0 Å². The van der Waals surface area contributed by atoms with Gasteiger partial charge in [0.05, 0.1) is 5.69 Å². The first-order chi connectivity index (χ1) is 10.2. The summed E-state index contributed by atoms with van der Waals surface area (Å²) in [6.07, 6.45) is 4.94. The molecule has 0 saturated heterocycles. The number of anilines is 1. The third-order valence-corrected chi connectivity index (χ3v) is 3.23. The summed E-state index contributed by atoms with van der Waals surface area (Å²) in [4.78, 5) is 16.1. The molecule has 0 atom stereocenters. The van der Waals surface area contributed by atoms with Crippen molar-refractivity contribution in [1.29, 1.82) is 0 Å². The maximum Gasteiger partial charge on any atom is 0.248 e. The van der Waals surface area contributed by atoms with E-state index in [4.69, 9.17) is 11.6 Å². The van der Waals surface area contributed by atoms with Crippen molar-refractivity contribution >= 4 is 34.9 Å². The number of carbonyl (C=O) groups excluding carboxylic acids is 1. The number of imidazole rings is 1. The van der Waals surface area contributed by atoms with Crippen LogP contribution in [0.1, 0.15) is 5.69 Å². The number of hydrogen-bond acceptors (Lipinski definition) is 2. The van der Waals surface area contributed by atoms with Crippen molar-refractivity contribution in [3.05, 3.63) is 71.7 Å². The van der Waals surface area contributed by atoms with Gasteiger partial charge >= 0.3 is 0 Å². The number of fused-ring (bicyclic) bond motifs is 1. The summed E-state index contributed by atoms with van der Waals surface area (Å²) in [5.74, 6) is -0.219. The Labute approximate surface area is 126 Å². The summed E-state index contributed by atoms with van der Waals surface area (Å²) in [7, 11) is 0. The molecule has 0 saturated carbocycles. The first-order valence-corrected chi connectivity index (χ1v) is 6.78. The van der Waals surface area contributed by atoms with Crippen molar-refractivity contribution in [2.75, 3.05) is 5.32 Å². The molecule has 0 bridgehead atoms. The minimum absolute atomic E-state index is 0.219. The van der Waals surface area contributed by atoms with Crippen molar-refractivity contribution in [3.8, 4) is 0 Å². The molecule has 0 aliphatic carbocycles. The third kappa shape index (κ3) is 2.95. The lowest BCUT2D eigenvalue weighted by Gasteiger charge is -2.00. The molecule has 0 spiro atoms. The second-order valence-corrected chi connectivity index (χ2v) is 4.76. The van der Waals surface area contributed by atoms with Crippen LogP contribution in [0, 0.1) is 0 Å². The van der Waals surface area contributed by atoms with Gasteiger partial charge in [-0.15, -0.1) is 0 Å². The van der Waals surface area contributed by atoms with Crippen LogP contribution in [0.25, 0.3) is 11.7 Å². The fraction of sp³-hybridized carbons (Fsp3) is 0. The minimum Gasteiger partial charge on any atom is -0.323 e. The van der Waals surface area contributed by atoms with Crippen molar-refractivity contribution < 1.29 is 4.79 Å². The molecule has 5 heteroatoms. The minimum atomic E-state index is -0.219. The summed E-state index contributed by atoms with van der Waals surface area (Å²) in [5, 5.41) is 3.14. The van der Waals surface area contributed by atoms with Crippen molar-refractivity contribution in [1.82, 2.24) is 9.38 Å². The highest BCUT2D eigenvalue weighted by atomic mass is 35.5. The Morgan fingerprint density at radius 2 is 1.90 bits per heavy atom. The van der Waals surface area contributed by atoms with E-state index >= 15 is 0 Å². The highest BCUT2D eigenvalue weighted by Gasteiger charge is 2.07. The average Bonchev–Trinajstić information content (AvgIpc) is 2.81. The van der Waals surface area contributed by atoms with Gasteiger partial charge in [-0.3, -0.25) is 9.20 Å². The number of hydrogen-bond donors (Lipinski definition) is 1. The number of benzene rings is 1. The van der Waals surface area contributed by atoms with Gasteiger partial charge < -0.3 is 5.32 Å². The number of para-hydroxylation sites is 1. The Kier molecular flexibility index (Phi) is 3.71. The molecule has 0 fully saturated rings. The number of aromatic nitrogens is 2. The summed E-state index contributed by atoms with van der Waals surface area (Å²) in [6.45, 7) is 0. The van der Waals surface area contributed by atoms with Gasteiger partial charge in [-0.05, 0) is 30.3 Å². The van der Waals surface area contributed by atoms with Gasteiger partial charge in [-0.2, -0.15) is 0 Å². The van der Waals surface area contributed by atoms with Gasteiger partial charge in [0.1, 0.15) is 5.65 Å². The summed E-state index contributed by atoms with van der Waals surface area (Å²) >= 11 is 6.10. The van der Waals surface area contributed by atoms with Gasteiger partial charge in [0.2, 0.25) is 5.91 Å². The molecule has 3 rings (SSSR count). The molecule has 4 nitrogen and oxygen atoms in total. The zero-order chi connectivity index (χ0) is 14.7. The Balaban J connectivity index is 1.81. The van der Waals surface area contributed by atoms with Gasteiger partial charge in [-0.1, -0.05) is 35.9 Å². The van der Waals surface area contributed by atoms with Crippen LogP contribution >= 0.6 is 11.6 Å². The van der Waals surface area contributed by atoms with Gasteiger partial charge in [0.15, 0.2) is 5.15 Å². The topological polar surface area (TPSA) is 46.4 Å². The molecule has 104 valence electrons. The number of nitrogens with zero attached hydrogens (tertiary/aromatic N) is 2. The highest BCUT2D eigenvalue weighted by molar-refractivity contribution is 6.31. The number of carbonyl (C=O) groups is 1. The largest absolute Gasteiger partial charge is 0.323 e. The van der Waals surface area contributed by atoms with E-state index < -0.39 is 0 Å². The molecule has 0 radical (unpaired) electrons. The smallest absolute Gasteiger partial charge is 0.248 e. The number of pyridine rings is 1. The van der Waals surface area contributed by atoms with E-state index in [1.54, 1.807) is 6.08 Å². The first-order valence-electron chi connectivity index (χ1n) is 6.41. The maximum atomic E-state index is 11.9. The van der Waals surface area contributed by atoms with E-state index in [0.717, 1.165) is 11.3 Å². The molecule has 0 aliphatic heterocycles. The molecule has 0 unspecified atom stereocenters. The molecule has 1 amide bonds. The molecule has 1 aromatic carbocycles. The second kappa shape index (κ2) is 5.81. The van der Waals surface area contributed by atoms with Crippen LogP contribution in [0.3, 0.4) is 0 Å². The Morgan fingerprint density at radius 1 is 1.14 bits per heavy atom. The van der Waals surface area contributed by atoms with Crippen LogP contribution in [0.4, 0.5) is 5.69 Å². The zero-order valence-corrected chi connectivity index (χ0v) is 11.8. The monoisotopic (exact) mass is 297 g/mol. The molecule has 0 aliphatic rings. The lowest BCUT2D eigenvalue weighted by Crippen LogP contribution is -2.07. The van der Waals surface area contributed by atoms with Crippen molar-refractivity contribution in [2.24, 2.45) is 0 Å². The van der Waals surface area contributed by atoms with E-state index in [-0.39, 0.29) is 5.91 Å². The predicted molar refractivity (Wildman–Crippen MR) is 84.3 cm³/mol. The zero-order valence-electron chi connectivity index (χ0n) is 11.0. The number of nitrogens with one attached hydrogen (secondary N) is 1. The Hall–Kier alpha value is -2.59. The molecular weight excluding hydrogens is 286 g/mol. The number of rotatable bonds is 3. The van der Waals surface area contributed by atoms with E-state index in [1.165, 1.54) is 6.08 Å². The van der Waals surface area contributed by atoms with E-state index in [1.807, 2.05) is 59.1 Å². The summed E-state index contributed by atoms with van der Waals surface area (Å²) < 4.78 is 1.83. The molecule has 21 heavy (non-hydrogen) atoms. The average molecular weight is 298 g/mol. The van der Waals surface area contributed by atoms with E-state index in [0.29, 0.717) is 10.8 Å². The van der Waals surface area contributed by atoms with Crippen LogP contribution in [-0.2, 0) is 4.79 Å². The summed E-state index contributed by atoms with van der Waals surface area (Å²) in [6, 6.07) is 14.9. The maximum absolute atomic E-state index is 11.9. The second-order valence-electron chi connectivity index (χ2n) is 4.41. The van der Waals surface area contributed by atoms with Crippen LogP contribution < -0.4 is 5.32 Å². The quantitative estimate of drug-likeness (QED) is 0.750. The fourth-order valence-electron chi connectivity index (χ4n) is 2.00. The first kappa shape index (κ1) is 13.4. The van der Waals surface area contributed by atoms with Gasteiger partial charge in [0, 0.05) is 18.0 Å². The predicted octanol–water partition coefficient (Wildman–Crippen LogP) is 3.64. The van der Waals surface area contributed by atoms with E-state index in [9.17, 15) is 4.79 Å². The normalized spacial score (nSPS) is 11.1. The highest BCUT2D eigenvalue weighted by Crippen LogP contribution is 2.18. The molecule has 2 aromatic heterocycles. The Bertz CT molecular complexity index is 809. The standard InChI is InChI=1S/C16H12ClN3O/c17-16-13(20-11-5-4-8-14(20)19-16)9-10-15(21)18-12-6-2-1-3-7-12/h1-11H,(H,18,21). The van der Waals surface area contributed by atoms with Crippen LogP contribution in [-0.4, -0.2) is 15.3 Å². The number of halogens is 1. The lowest BCUT2D eigenvalue weighted by molar-refractivity contribution is -0.111. The van der Waals surface area contributed by atoms with Crippen molar-refractivity contribution in [2.45, 2.75) is 0 Å². The molecule has 2 heterocycles. The SMILES string of the molecule is O=C(C=Cc1c(Cl)nc2ccccn12)Nc1ccccc1. The van der Waals surface area contributed by atoms with Crippen LogP contribution in [0.2, 0.25) is 5.15 Å². The third-order valence-electron chi connectivity index (χ3n) is 2.96. The Morgan fingerprint density at radius 3 is 2.71 bits per heavy atom. The molecule has 1 N–H and O–H groups in total. The lowest BCUT2D eigenvalue weighted by atomic mass is 10.3. The fourth-order valence-corrected chi connectivity index (χ4v) is 2.24.